The summed E-state index contributed by atoms with van der Waals surface area (Å²) in [6.07, 6.45) is 6.22. The smallest absolute Gasteiger partial charge is 0.146 e. The Morgan fingerprint density at radius 1 is 1.09 bits per heavy atom. The summed E-state index contributed by atoms with van der Waals surface area (Å²) in [5.41, 5.74) is 6.61. The lowest BCUT2D eigenvalue weighted by Gasteiger charge is -2.37. The summed E-state index contributed by atoms with van der Waals surface area (Å²) in [6.45, 7) is 4.89. The quantitative estimate of drug-likeness (QED) is 0.911. The number of nitrogens with zero attached hydrogens (tertiary/aromatic N) is 2. The standard InChI is InChI=1S/C18H27ClFN3/c19-15-3-6-17(20)18(13-15)23-11-9-22(10-12-23)8-7-14-1-4-16(21)5-2-14/h3,6,13-14,16H,1-2,4-5,7-12,21H2. The summed E-state index contributed by atoms with van der Waals surface area (Å²) < 4.78 is 13.9. The molecule has 1 aliphatic heterocycles. The third-order valence-electron chi connectivity index (χ3n) is 5.37. The van der Waals surface area contributed by atoms with E-state index in [1.807, 2.05) is 0 Å². The minimum Gasteiger partial charge on any atom is -0.367 e. The average molecular weight is 340 g/mol. The van der Waals surface area contributed by atoms with Gasteiger partial charge in [-0.1, -0.05) is 11.6 Å². The summed E-state index contributed by atoms with van der Waals surface area (Å²) in [6, 6.07) is 5.23. The van der Waals surface area contributed by atoms with Crippen molar-refractivity contribution in [1.82, 2.24) is 4.90 Å². The molecule has 2 aliphatic rings. The van der Waals surface area contributed by atoms with Gasteiger partial charge in [-0.25, -0.2) is 4.39 Å². The number of benzene rings is 1. The number of hydrogen-bond donors (Lipinski definition) is 1. The normalized spacial score (nSPS) is 26.5. The minimum atomic E-state index is -0.179. The van der Waals surface area contributed by atoms with Crippen LogP contribution in [0.25, 0.3) is 0 Å². The van der Waals surface area contributed by atoms with Crippen molar-refractivity contribution >= 4 is 17.3 Å². The van der Waals surface area contributed by atoms with Crippen LogP contribution in [0.4, 0.5) is 10.1 Å². The Morgan fingerprint density at radius 3 is 2.48 bits per heavy atom. The molecular formula is C18H27ClFN3. The Hall–Kier alpha value is -0.840. The van der Waals surface area contributed by atoms with E-state index >= 15 is 0 Å². The van der Waals surface area contributed by atoms with E-state index < -0.39 is 0 Å². The molecule has 0 spiro atoms. The van der Waals surface area contributed by atoms with Crippen LogP contribution >= 0.6 is 11.6 Å². The fraction of sp³-hybridized carbons (Fsp3) is 0.667. The number of hydrogen-bond acceptors (Lipinski definition) is 3. The van der Waals surface area contributed by atoms with Crippen LogP contribution in [-0.2, 0) is 0 Å². The van der Waals surface area contributed by atoms with Gasteiger partial charge in [-0.05, 0) is 62.8 Å². The van der Waals surface area contributed by atoms with Crippen LogP contribution in [0, 0.1) is 11.7 Å². The highest BCUT2D eigenvalue weighted by Gasteiger charge is 2.22. The minimum absolute atomic E-state index is 0.179. The average Bonchev–Trinajstić information content (AvgIpc) is 2.57. The van der Waals surface area contributed by atoms with Crippen molar-refractivity contribution in [2.24, 2.45) is 11.7 Å². The molecule has 0 atom stereocenters. The Kier molecular flexibility index (Phi) is 5.78. The maximum absolute atomic E-state index is 13.9. The molecule has 0 radical (unpaired) electrons. The Labute approximate surface area is 143 Å². The number of halogens is 2. The lowest BCUT2D eigenvalue weighted by atomic mass is 9.84. The predicted molar refractivity (Wildman–Crippen MR) is 94.6 cm³/mol. The fourth-order valence-corrected chi connectivity index (χ4v) is 3.95. The molecule has 0 unspecified atom stereocenters. The molecule has 0 aromatic heterocycles. The van der Waals surface area contributed by atoms with Crippen molar-refractivity contribution < 1.29 is 4.39 Å². The lowest BCUT2D eigenvalue weighted by molar-refractivity contribution is 0.216. The molecule has 2 N–H and O–H groups in total. The van der Waals surface area contributed by atoms with Crippen molar-refractivity contribution in [2.75, 3.05) is 37.6 Å². The van der Waals surface area contributed by atoms with E-state index in [0.29, 0.717) is 16.8 Å². The SMILES string of the molecule is NC1CCC(CCN2CCN(c3cc(Cl)ccc3F)CC2)CC1. The first-order chi connectivity index (χ1) is 11.1. The first-order valence-corrected chi connectivity index (χ1v) is 9.17. The number of anilines is 1. The molecule has 5 heteroatoms. The van der Waals surface area contributed by atoms with Gasteiger partial charge in [0.25, 0.3) is 0 Å². The van der Waals surface area contributed by atoms with Crippen molar-refractivity contribution in [3.63, 3.8) is 0 Å². The third-order valence-corrected chi connectivity index (χ3v) is 5.60. The summed E-state index contributed by atoms with van der Waals surface area (Å²) >= 11 is 6.00. The molecular weight excluding hydrogens is 313 g/mol. The van der Waals surface area contributed by atoms with Gasteiger partial charge in [0.05, 0.1) is 5.69 Å². The largest absolute Gasteiger partial charge is 0.367 e. The maximum Gasteiger partial charge on any atom is 0.146 e. The molecule has 1 heterocycles. The maximum atomic E-state index is 13.9. The second kappa shape index (κ2) is 7.82. The van der Waals surface area contributed by atoms with Gasteiger partial charge >= 0.3 is 0 Å². The molecule has 1 aromatic rings. The zero-order chi connectivity index (χ0) is 16.2. The summed E-state index contributed by atoms with van der Waals surface area (Å²) in [5, 5.41) is 0.597. The van der Waals surface area contributed by atoms with E-state index in [1.165, 1.54) is 38.2 Å². The van der Waals surface area contributed by atoms with Crippen LogP contribution in [0.5, 0.6) is 0 Å². The van der Waals surface area contributed by atoms with Crippen LogP contribution in [-0.4, -0.2) is 43.7 Å². The van der Waals surface area contributed by atoms with E-state index in [2.05, 4.69) is 9.80 Å². The molecule has 0 amide bonds. The second-order valence-electron chi connectivity index (χ2n) is 6.99. The van der Waals surface area contributed by atoms with E-state index in [4.69, 9.17) is 17.3 Å². The molecule has 0 bridgehead atoms. The van der Waals surface area contributed by atoms with Gasteiger partial charge in [0.1, 0.15) is 5.82 Å². The molecule has 3 rings (SSSR count). The van der Waals surface area contributed by atoms with Crippen LogP contribution in [0.3, 0.4) is 0 Å². The first-order valence-electron chi connectivity index (χ1n) is 8.80. The highest BCUT2D eigenvalue weighted by Crippen LogP contribution is 2.27. The van der Waals surface area contributed by atoms with Gasteiger partial charge in [0.15, 0.2) is 0 Å². The molecule has 3 nitrogen and oxygen atoms in total. The van der Waals surface area contributed by atoms with Crippen molar-refractivity contribution in [2.45, 2.75) is 38.1 Å². The number of nitrogens with two attached hydrogens (primary N) is 1. The van der Waals surface area contributed by atoms with E-state index in [0.717, 1.165) is 38.6 Å². The molecule has 128 valence electrons. The zero-order valence-electron chi connectivity index (χ0n) is 13.7. The highest BCUT2D eigenvalue weighted by molar-refractivity contribution is 6.30. The first kappa shape index (κ1) is 17.0. The fourth-order valence-electron chi connectivity index (χ4n) is 3.78. The van der Waals surface area contributed by atoms with Gasteiger partial charge in [0, 0.05) is 37.2 Å². The van der Waals surface area contributed by atoms with Crippen LogP contribution in [0.15, 0.2) is 18.2 Å². The zero-order valence-corrected chi connectivity index (χ0v) is 14.4. The number of rotatable bonds is 4. The summed E-state index contributed by atoms with van der Waals surface area (Å²) in [5.74, 6) is 0.666. The molecule has 1 saturated carbocycles. The van der Waals surface area contributed by atoms with Crippen LogP contribution < -0.4 is 10.6 Å². The van der Waals surface area contributed by atoms with Crippen LogP contribution in [0.1, 0.15) is 32.1 Å². The third kappa shape index (κ3) is 4.59. The van der Waals surface area contributed by atoms with Gasteiger partial charge in [0.2, 0.25) is 0 Å². The summed E-state index contributed by atoms with van der Waals surface area (Å²) in [7, 11) is 0. The van der Waals surface area contributed by atoms with Crippen LogP contribution in [0.2, 0.25) is 5.02 Å². The Bertz CT molecular complexity index is 509. The van der Waals surface area contributed by atoms with E-state index in [1.54, 1.807) is 12.1 Å². The molecule has 23 heavy (non-hydrogen) atoms. The topological polar surface area (TPSA) is 32.5 Å². The predicted octanol–water partition coefficient (Wildman–Crippen LogP) is 3.51. The van der Waals surface area contributed by atoms with E-state index in [-0.39, 0.29) is 5.82 Å². The molecule has 1 aromatic carbocycles. The second-order valence-corrected chi connectivity index (χ2v) is 7.43. The van der Waals surface area contributed by atoms with Crippen molar-refractivity contribution in [1.29, 1.82) is 0 Å². The Morgan fingerprint density at radius 2 is 1.78 bits per heavy atom. The van der Waals surface area contributed by atoms with Crippen molar-refractivity contribution in [3.05, 3.63) is 29.0 Å². The highest BCUT2D eigenvalue weighted by atomic mass is 35.5. The van der Waals surface area contributed by atoms with E-state index in [9.17, 15) is 4.39 Å². The van der Waals surface area contributed by atoms with Gasteiger partial charge < -0.3 is 10.6 Å². The lowest BCUT2D eigenvalue weighted by Crippen LogP contribution is -2.47. The van der Waals surface area contributed by atoms with Crippen molar-refractivity contribution in [3.8, 4) is 0 Å². The van der Waals surface area contributed by atoms with Gasteiger partial charge in [-0.3, -0.25) is 4.90 Å². The molecule has 1 saturated heterocycles. The molecule has 2 fully saturated rings. The van der Waals surface area contributed by atoms with Gasteiger partial charge in [-0.15, -0.1) is 0 Å². The Balaban J connectivity index is 1.44. The summed E-state index contributed by atoms with van der Waals surface area (Å²) in [4.78, 5) is 4.62. The monoisotopic (exact) mass is 339 g/mol. The van der Waals surface area contributed by atoms with Gasteiger partial charge in [-0.2, -0.15) is 0 Å². The molecule has 1 aliphatic carbocycles. The number of piperazine rings is 1.